The van der Waals surface area contributed by atoms with Crippen molar-refractivity contribution < 1.29 is 31.5 Å². The Bertz CT molecular complexity index is 1520. The first-order chi connectivity index (χ1) is 18.6. The zero-order valence-electron chi connectivity index (χ0n) is 20.3. The number of benzene rings is 1. The minimum Gasteiger partial charge on any atom is -0.414 e. The van der Waals surface area contributed by atoms with Gasteiger partial charge in [0, 0.05) is 31.3 Å². The molecule has 39 heavy (non-hydrogen) atoms. The summed E-state index contributed by atoms with van der Waals surface area (Å²) >= 11 is 0. The molecule has 1 amide bonds. The zero-order chi connectivity index (χ0) is 27.7. The Balaban J connectivity index is 1.36. The average Bonchev–Trinajstić information content (AvgIpc) is 3.38. The fraction of sp³-hybridized carbons (Fsp3) is 0.292. The van der Waals surface area contributed by atoms with E-state index in [-0.39, 0.29) is 35.1 Å². The lowest BCUT2D eigenvalue weighted by molar-refractivity contribution is -0.144. The molecule has 1 aliphatic rings. The number of hydrogen-bond acceptors (Lipinski definition) is 10. The van der Waals surface area contributed by atoms with Crippen molar-refractivity contribution in [1.29, 1.82) is 0 Å². The van der Waals surface area contributed by atoms with Gasteiger partial charge in [-0.1, -0.05) is 6.07 Å². The molecule has 1 saturated heterocycles. The molecule has 0 saturated carbocycles. The van der Waals surface area contributed by atoms with Gasteiger partial charge in [0.25, 0.3) is 11.8 Å². The van der Waals surface area contributed by atoms with E-state index in [1.165, 1.54) is 29.2 Å². The second-order valence-corrected chi connectivity index (χ2v) is 8.69. The van der Waals surface area contributed by atoms with E-state index in [9.17, 15) is 22.4 Å². The molecule has 0 aliphatic carbocycles. The topological polar surface area (TPSA) is 146 Å². The third-order valence-corrected chi connectivity index (χ3v) is 6.04. The molecule has 0 spiro atoms. The van der Waals surface area contributed by atoms with Crippen LogP contribution in [-0.4, -0.2) is 54.2 Å². The minimum absolute atomic E-state index is 0.0161. The van der Waals surface area contributed by atoms with Crippen LogP contribution < -0.4 is 10.5 Å². The zero-order valence-corrected chi connectivity index (χ0v) is 20.3. The summed E-state index contributed by atoms with van der Waals surface area (Å²) in [5, 5.41) is 7.86. The van der Waals surface area contributed by atoms with E-state index in [1.807, 2.05) is 0 Å². The van der Waals surface area contributed by atoms with Crippen LogP contribution in [0.4, 0.5) is 28.3 Å². The molecule has 1 fully saturated rings. The van der Waals surface area contributed by atoms with Crippen LogP contribution in [0.2, 0.25) is 0 Å². The van der Waals surface area contributed by atoms with Crippen molar-refractivity contribution in [3.05, 3.63) is 59.6 Å². The number of anilines is 1. The van der Waals surface area contributed by atoms with Gasteiger partial charge in [-0.05, 0) is 38.0 Å². The summed E-state index contributed by atoms with van der Waals surface area (Å²) in [6, 6.07) is 6.51. The van der Waals surface area contributed by atoms with Crippen LogP contribution in [-0.2, 0) is 6.18 Å². The number of carbonyl (C=O) groups excluding carboxylic acids is 1. The number of aromatic nitrogens is 6. The Kier molecular flexibility index (Phi) is 6.80. The molecule has 0 radical (unpaired) electrons. The van der Waals surface area contributed by atoms with Gasteiger partial charge >= 0.3 is 12.3 Å². The highest BCUT2D eigenvalue weighted by molar-refractivity contribution is 5.71. The van der Waals surface area contributed by atoms with Gasteiger partial charge in [-0.15, -0.1) is 10.2 Å². The number of halogens is 4. The number of ether oxygens (including phenoxy) is 1. The van der Waals surface area contributed by atoms with Crippen molar-refractivity contribution in [3.8, 4) is 28.8 Å². The van der Waals surface area contributed by atoms with E-state index in [1.54, 1.807) is 6.92 Å². The van der Waals surface area contributed by atoms with Crippen LogP contribution in [0.1, 0.15) is 36.0 Å². The van der Waals surface area contributed by atoms with Crippen molar-refractivity contribution in [3.63, 3.8) is 0 Å². The van der Waals surface area contributed by atoms with Crippen LogP contribution in [0.15, 0.2) is 40.9 Å². The highest BCUT2D eigenvalue weighted by Gasteiger charge is 2.35. The number of carbonyl (C=O) groups is 1. The summed E-state index contributed by atoms with van der Waals surface area (Å²) in [4.78, 5) is 29.3. The van der Waals surface area contributed by atoms with Gasteiger partial charge in [-0.2, -0.15) is 13.2 Å². The predicted octanol–water partition coefficient (Wildman–Crippen LogP) is 4.41. The summed E-state index contributed by atoms with van der Waals surface area (Å²) in [5.41, 5.74) is 7.05. The van der Waals surface area contributed by atoms with Crippen LogP contribution in [0, 0.1) is 12.7 Å². The molecule has 4 heterocycles. The summed E-state index contributed by atoms with van der Waals surface area (Å²) in [7, 11) is 0. The molecule has 0 bridgehead atoms. The smallest absolute Gasteiger partial charge is 0.414 e. The number of nitrogens with two attached hydrogens (primary N) is 1. The number of piperidine rings is 1. The molecule has 1 aromatic carbocycles. The van der Waals surface area contributed by atoms with Gasteiger partial charge < -0.3 is 19.8 Å². The van der Waals surface area contributed by atoms with E-state index >= 15 is 0 Å². The van der Waals surface area contributed by atoms with Crippen molar-refractivity contribution >= 4 is 12.0 Å². The second-order valence-electron chi connectivity index (χ2n) is 8.69. The first kappa shape index (κ1) is 25.9. The molecule has 5 rings (SSSR count). The van der Waals surface area contributed by atoms with Gasteiger partial charge in [0.2, 0.25) is 11.8 Å². The Hall–Kier alpha value is -4.69. The number of likely N-dealkylation sites (tertiary alicyclic amines) is 1. The van der Waals surface area contributed by atoms with Gasteiger partial charge in [-0.3, -0.25) is 0 Å². The minimum atomic E-state index is -4.74. The van der Waals surface area contributed by atoms with E-state index in [0.717, 1.165) is 12.3 Å². The fourth-order valence-corrected chi connectivity index (χ4v) is 4.25. The first-order valence-electron chi connectivity index (χ1n) is 11.7. The second kappa shape index (κ2) is 10.2. The van der Waals surface area contributed by atoms with Crippen molar-refractivity contribution in [2.45, 2.75) is 31.9 Å². The van der Waals surface area contributed by atoms with Gasteiger partial charge in [0.05, 0.1) is 17.0 Å². The molecule has 0 atom stereocenters. The lowest BCUT2D eigenvalue weighted by atomic mass is 9.90. The van der Waals surface area contributed by atoms with Gasteiger partial charge in [0.15, 0.2) is 0 Å². The maximum Gasteiger partial charge on any atom is 0.451 e. The lowest BCUT2D eigenvalue weighted by Gasteiger charge is -2.31. The monoisotopic (exact) mass is 544 g/mol. The van der Waals surface area contributed by atoms with Crippen LogP contribution in [0.25, 0.3) is 23.0 Å². The Morgan fingerprint density at radius 3 is 2.56 bits per heavy atom. The van der Waals surface area contributed by atoms with E-state index in [2.05, 4.69) is 30.1 Å². The fourth-order valence-electron chi connectivity index (χ4n) is 4.25. The highest BCUT2D eigenvalue weighted by Crippen LogP contribution is 2.37. The number of amides is 1. The lowest BCUT2D eigenvalue weighted by Crippen LogP contribution is -2.40. The third kappa shape index (κ3) is 5.61. The summed E-state index contributed by atoms with van der Waals surface area (Å²) < 4.78 is 63.5. The molecule has 15 heteroatoms. The molecule has 2 N–H and O–H groups in total. The average molecular weight is 544 g/mol. The van der Waals surface area contributed by atoms with Crippen LogP contribution in [0.5, 0.6) is 5.75 Å². The maximum absolute atomic E-state index is 13.4. The molecule has 0 unspecified atom stereocenters. The Morgan fingerprint density at radius 1 is 1.10 bits per heavy atom. The summed E-state index contributed by atoms with van der Waals surface area (Å²) in [5.74, 6) is -2.18. The maximum atomic E-state index is 13.4. The molecule has 3 aromatic heterocycles. The van der Waals surface area contributed by atoms with E-state index in [4.69, 9.17) is 14.9 Å². The number of nitrogens with zero attached hydrogens (tertiary/aromatic N) is 7. The molecule has 202 valence electrons. The largest absolute Gasteiger partial charge is 0.451 e. The number of aryl methyl sites for hydroxylation is 1. The van der Waals surface area contributed by atoms with Gasteiger partial charge in [0.1, 0.15) is 17.3 Å². The first-order valence-corrected chi connectivity index (χ1v) is 11.7. The van der Waals surface area contributed by atoms with Crippen molar-refractivity contribution in [2.24, 2.45) is 0 Å². The number of nitrogen functional groups attached to an aromatic ring is 1. The molecule has 11 nitrogen and oxygen atoms in total. The third-order valence-electron chi connectivity index (χ3n) is 6.04. The predicted molar refractivity (Wildman–Crippen MR) is 126 cm³/mol. The van der Waals surface area contributed by atoms with Crippen molar-refractivity contribution in [1.82, 2.24) is 35.0 Å². The van der Waals surface area contributed by atoms with Crippen molar-refractivity contribution in [2.75, 3.05) is 18.8 Å². The normalized spacial score (nSPS) is 14.4. The Morgan fingerprint density at radius 2 is 1.85 bits per heavy atom. The highest BCUT2D eigenvalue weighted by atomic mass is 19.4. The SMILES string of the molecule is Cc1nc(N)nc(C2CCN(C(=O)Oc3cccc(F)c3)CC2)c1-c1nnc(-c2ccnc(C(F)(F)F)n2)o1. The Labute approximate surface area is 218 Å². The van der Waals surface area contributed by atoms with Gasteiger partial charge in [-0.25, -0.2) is 29.1 Å². The molecular formula is C24H20F4N8O3. The molecule has 4 aromatic rings. The molecular weight excluding hydrogens is 524 g/mol. The van der Waals surface area contributed by atoms with Crippen LogP contribution >= 0.6 is 0 Å². The number of hydrogen-bond donors (Lipinski definition) is 1. The molecule has 1 aliphatic heterocycles. The number of rotatable bonds is 4. The summed E-state index contributed by atoms with van der Waals surface area (Å²) in [6.45, 7) is 2.30. The van der Waals surface area contributed by atoms with E-state index < -0.39 is 23.9 Å². The number of alkyl halides is 3. The summed E-state index contributed by atoms with van der Waals surface area (Å²) in [6.07, 6.45) is -3.45. The standard InChI is InChI=1S/C24H20F4N8O3/c1-12-17(20-35-34-19(39-20)16-5-8-30-21(32-16)24(26,27)28)18(33-22(29)31-12)13-6-9-36(10-7-13)23(37)38-15-4-2-3-14(25)11-15/h2-5,8,11,13H,6-7,9-10H2,1H3,(H2,29,31,33). The van der Waals surface area contributed by atoms with Crippen LogP contribution in [0.3, 0.4) is 0 Å². The van der Waals surface area contributed by atoms with E-state index in [0.29, 0.717) is 42.9 Å². The quantitative estimate of drug-likeness (QED) is 0.367.